The van der Waals surface area contributed by atoms with Crippen LogP contribution in [0, 0.1) is 4.91 Å². The van der Waals surface area contributed by atoms with E-state index in [9.17, 15) is 0 Å². The van der Waals surface area contributed by atoms with Crippen molar-refractivity contribution in [3.05, 3.63) is 10.5 Å². The maximum absolute atomic E-state index is 7.25. The molecule has 0 saturated carbocycles. The predicted octanol–water partition coefficient (Wildman–Crippen LogP) is 0.317. The fourth-order valence-corrected chi connectivity index (χ4v) is 0. The van der Waals surface area contributed by atoms with Gasteiger partial charge in [0.05, 0.1) is 0 Å². The molecule has 0 fully saturated rings. The summed E-state index contributed by atoms with van der Waals surface area (Å²) in [6.45, 7) is 0. The summed E-state index contributed by atoms with van der Waals surface area (Å²) >= 11 is 0. The van der Waals surface area contributed by atoms with Crippen LogP contribution >= 0.6 is 0 Å². The van der Waals surface area contributed by atoms with Crippen LogP contribution in [0.3, 0.4) is 0 Å². The van der Waals surface area contributed by atoms with E-state index in [4.69, 9.17) is 10.5 Å². The Morgan fingerprint density at radius 3 is 1.00 bits per heavy atom. The summed E-state index contributed by atoms with van der Waals surface area (Å²) in [7, 11) is 0. The van der Waals surface area contributed by atoms with Gasteiger partial charge in [0.25, 0.3) is 0 Å². The molecule has 0 atom stereocenters. The zero-order chi connectivity index (χ0) is 2.00. The Morgan fingerprint density at radius 2 is 1.00 bits per heavy atom. The number of nitroso groups, excluding NO2 is 1. The molecule has 0 amide bonds. The molecule has 0 unspecified atom stereocenters. The third-order valence-electron chi connectivity index (χ3n) is 0. The first-order valence-corrected chi connectivity index (χ1v) is 0.183. The molecule has 0 aromatic carbocycles. The predicted molar refractivity (Wildman–Crippen MR) is 6.73 cm³/mol. The molecule has 0 aromatic heterocycles. The Balaban J connectivity index is -0.00000000500. The minimum atomic E-state index is 0. The third-order valence-corrected chi connectivity index (χ3v) is 0. The topological polar surface area (TPSA) is 39.4 Å². The molecule has 0 aliphatic rings. The van der Waals surface area contributed by atoms with Crippen molar-refractivity contribution in [1.29, 1.82) is 0 Å². The van der Waals surface area contributed by atoms with Gasteiger partial charge in [-0.1, -0.05) is 0 Å². The van der Waals surface area contributed by atoms with Gasteiger partial charge in [0.15, 0.2) is 0 Å². The van der Waals surface area contributed by atoms with E-state index in [1.54, 1.807) is 0 Å². The molecule has 18 valence electrons. The van der Waals surface area contributed by atoms with E-state index in [-0.39, 0.29) is 65.4 Å². The third kappa shape index (κ3) is 9.19. The van der Waals surface area contributed by atoms with Crippen molar-refractivity contribution in [2.75, 3.05) is 0 Å². The molecule has 0 bridgehead atoms. The van der Waals surface area contributed by atoms with E-state index in [0.717, 1.165) is 0 Å². The van der Waals surface area contributed by atoms with Gasteiger partial charge in [-0.25, -0.2) is 0 Å². The van der Waals surface area contributed by atoms with Crippen LogP contribution in [0.25, 0.3) is 5.59 Å². The molecule has 2 nitrogen and oxygen atoms in total. The maximum atomic E-state index is 7.25. The molecule has 4 heavy (non-hydrogen) atoms. The molecule has 0 rings (SSSR count). The van der Waals surface area contributed by atoms with Crippen LogP contribution in [0.4, 0.5) is 0 Å². The first-order valence-electron chi connectivity index (χ1n) is 0.183. The molecule has 0 aromatic rings. The first kappa shape index (κ1) is 17.0. The summed E-state index contributed by atoms with van der Waals surface area (Å²) in [5, 5.41) is 0. The van der Waals surface area contributed by atoms with Gasteiger partial charge in [-0.15, -0.1) is 0 Å². The summed E-state index contributed by atoms with van der Waals surface area (Å²) in [5.74, 6) is 0. The minimum absolute atomic E-state index is 0. The van der Waals surface area contributed by atoms with Gasteiger partial charge in [-0.3, -0.25) is 0 Å². The van der Waals surface area contributed by atoms with Crippen molar-refractivity contribution in [3.8, 4) is 0 Å². The quantitative estimate of drug-likeness (QED) is 0.564. The fourth-order valence-electron chi connectivity index (χ4n) is 0. The van der Waals surface area contributed by atoms with Gasteiger partial charge in [0.1, 0.15) is 0 Å². The van der Waals surface area contributed by atoms with E-state index in [1.165, 1.54) is 0 Å². The van der Waals surface area contributed by atoms with E-state index < -0.39 is 0 Å². The van der Waals surface area contributed by atoms with Gasteiger partial charge in [0.2, 0.25) is 0 Å². The molecular weight excluding hydrogens is 208 g/mol. The van der Waals surface area contributed by atoms with Gasteiger partial charge in [0, 0.05) is 65.4 Å². The summed E-state index contributed by atoms with van der Waals surface area (Å²) in [6, 6.07) is 0. The molecule has 4 heteroatoms. The summed E-state index contributed by atoms with van der Waals surface area (Å²) in [5.41, 5.74) is 5.75. The van der Waals surface area contributed by atoms with Crippen LogP contribution in [0.1, 0.15) is 0 Å². The summed E-state index contributed by atoms with van der Waals surface area (Å²) in [4.78, 5) is 7.25. The molecular formula is NOY2-. The summed E-state index contributed by atoms with van der Waals surface area (Å²) < 4.78 is 0. The SMILES string of the molecule is [N-]=O.[Y].[Y]. The van der Waals surface area contributed by atoms with Gasteiger partial charge >= 0.3 is 0 Å². The standard InChI is InChI=1S/NO.2Y/c1-2;;/q-1;;. The fraction of sp³-hybridized carbons (Fsp3) is 0. The largest absolute Gasteiger partial charge is 0.577 e. The van der Waals surface area contributed by atoms with Crippen molar-refractivity contribution in [2.45, 2.75) is 0 Å². The Bertz CT molecular complexity index is 6.00. The first-order chi connectivity index (χ1) is 1.00. The molecule has 0 heterocycles. The van der Waals surface area contributed by atoms with Crippen LogP contribution in [0.5, 0.6) is 0 Å². The normalized spacial score (nSPS) is 1.00. The second kappa shape index (κ2) is 21.3. The molecule has 0 spiro atoms. The molecule has 2 radical (unpaired) electrons. The number of nitrogens with zero attached hydrogens (tertiary/aromatic N) is 1. The molecule has 0 aliphatic carbocycles. The van der Waals surface area contributed by atoms with E-state index >= 15 is 0 Å². The van der Waals surface area contributed by atoms with Crippen LogP contribution < -0.4 is 0 Å². The summed E-state index contributed by atoms with van der Waals surface area (Å²) in [6.07, 6.45) is 0. The number of hydrogen-bond acceptors (Lipinski definition) is 1. The molecule has 0 N–H and O–H groups in total. The average Bonchev–Trinajstić information content (AvgIpc) is 1.00. The van der Waals surface area contributed by atoms with Crippen molar-refractivity contribution in [1.82, 2.24) is 0 Å². The smallest absolute Gasteiger partial charge is 0 e. The van der Waals surface area contributed by atoms with Crippen molar-refractivity contribution >= 4 is 0 Å². The number of rotatable bonds is 0. The zero-order valence-electron chi connectivity index (χ0n) is 2.01. The molecule has 0 saturated heterocycles. The van der Waals surface area contributed by atoms with E-state index in [0.29, 0.717) is 0 Å². The van der Waals surface area contributed by atoms with Gasteiger partial charge in [-0.05, 0) is 0 Å². The Kier molecular flexibility index (Phi) is 90.8. The van der Waals surface area contributed by atoms with Gasteiger partial charge in [-0.2, -0.15) is 0 Å². The van der Waals surface area contributed by atoms with E-state index in [2.05, 4.69) is 0 Å². The van der Waals surface area contributed by atoms with Crippen LogP contribution in [0.15, 0.2) is 0 Å². The second-order valence-corrected chi connectivity index (χ2v) is 0. The van der Waals surface area contributed by atoms with Crippen LogP contribution in [-0.4, -0.2) is 0 Å². The zero-order valence-corrected chi connectivity index (χ0v) is 7.69. The van der Waals surface area contributed by atoms with Crippen LogP contribution in [0.2, 0.25) is 0 Å². The second-order valence-electron chi connectivity index (χ2n) is 0. The Morgan fingerprint density at radius 1 is 1.00 bits per heavy atom. The van der Waals surface area contributed by atoms with Crippen molar-refractivity contribution in [2.24, 2.45) is 0 Å². The number of hydrogen-bond donors (Lipinski definition) is 0. The van der Waals surface area contributed by atoms with Crippen molar-refractivity contribution in [3.63, 3.8) is 0 Å². The van der Waals surface area contributed by atoms with Crippen molar-refractivity contribution < 1.29 is 65.4 Å². The Labute approximate surface area is 74.6 Å². The maximum Gasteiger partial charge on any atom is 0 e. The van der Waals surface area contributed by atoms with E-state index in [1.807, 2.05) is 0 Å². The monoisotopic (exact) mass is 208 g/mol. The minimum Gasteiger partial charge on any atom is -0.577 e. The van der Waals surface area contributed by atoms with Crippen LogP contribution in [-0.2, 0) is 65.4 Å². The van der Waals surface area contributed by atoms with Gasteiger partial charge < -0.3 is 10.5 Å². The Hall–Kier alpha value is 1.81. The average molecular weight is 208 g/mol. The molecule has 0 aliphatic heterocycles.